The number of nitrogens with one attached hydrogen (secondary N) is 2. The molecule has 6 nitrogen and oxygen atoms in total. The van der Waals surface area contributed by atoms with Gasteiger partial charge in [0.1, 0.15) is 5.82 Å². The zero-order valence-electron chi connectivity index (χ0n) is 14.9. The molecular weight excluding hydrogens is 378 g/mol. The predicted molar refractivity (Wildman–Crippen MR) is 108 cm³/mol. The second-order valence-corrected chi connectivity index (χ2v) is 6.76. The molecule has 1 aliphatic heterocycles. The average molecular weight is 396 g/mol. The second kappa shape index (κ2) is 8.19. The number of rotatable bonds is 6. The molecule has 0 saturated carbocycles. The summed E-state index contributed by atoms with van der Waals surface area (Å²) in [7, 11) is 0. The Morgan fingerprint density at radius 1 is 1.00 bits per heavy atom. The Morgan fingerprint density at radius 2 is 1.79 bits per heavy atom. The van der Waals surface area contributed by atoms with E-state index in [9.17, 15) is 4.79 Å². The molecule has 1 aromatic heterocycles. The first-order chi connectivity index (χ1) is 13.7. The van der Waals surface area contributed by atoms with Crippen LogP contribution in [-0.2, 0) is 17.8 Å². The van der Waals surface area contributed by atoms with E-state index < -0.39 is 0 Å². The first kappa shape index (κ1) is 18.1. The minimum absolute atomic E-state index is 0.106. The van der Waals surface area contributed by atoms with Gasteiger partial charge in [-0.05, 0) is 47.5 Å². The Kier molecular flexibility index (Phi) is 5.30. The highest BCUT2D eigenvalue weighted by atomic mass is 35.5. The summed E-state index contributed by atoms with van der Waals surface area (Å²) in [5, 5.41) is 6.74. The van der Waals surface area contributed by atoms with Crippen LogP contribution in [0, 0.1) is 0 Å². The summed E-state index contributed by atoms with van der Waals surface area (Å²) in [6.45, 7) is 0.866. The standard InChI is InChI=1S/C21H18ClN3O3/c22-16-4-1-14(2-5-16)10-21(26)25-17-6-8-20(24-12-17)23-11-15-3-7-18-19(9-15)28-13-27-18/h1-9,12H,10-11,13H2,(H,23,24)(H,25,26). The maximum atomic E-state index is 12.1. The van der Waals surface area contributed by atoms with Gasteiger partial charge in [0.15, 0.2) is 11.5 Å². The fourth-order valence-corrected chi connectivity index (χ4v) is 2.93. The van der Waals surface area contributed by atoms with Gasteiger partial charge in [-0.2, -0.15) is 0 Å². The number of pyridine rings is 1. The molecule has 2 N–H and O–H groups in total. The van der Waals surface area contributed by atoms with E-state index in [1.54, 1.807) is 18.3 Å². The second-order valence-electron chi connectivity index (χ2n) is 6.32. The van der Waals surface area contributed by atoms with Crippen molar-refractivity contribution in [3.63, 3.8) is 0 Å². The van der Waals surface area contributed by atoms with Gasteiger partial charge in [-0.3, -0.25) is 4.79 Å². The van der Waals surface area contributed by atoms with Crippen molar-refractivity contribution in [2.24, 2.45) is 0 Å². The van der Waals surface area contributed by atoms with Gasteiger partial charge in [0, 0.05) is 11.6 Å². The Bertz CT molecular complexity index is 975. The van der Waals surface area contributed by atoms with Crippen LogP contribution in [0.2, 0.25) is 5.02 Å². The van der Waals surface area contributed by atoms with E-state index in [0.717, 1.165) is 22.6 Å². The van der Waals surface area contributed by atoms with Crippen LogP contribution >= 0.6 is 11.6 Å². The van der Waals surface area contributed by atoms with Crippen LogP contribution in [0.3, 0.4) is 0 Å². The molecule has 2 aromatic carbocycles. The molecule has 0 spiro atoms. The zero-order valence-corrected chi connectivity index (χ0v) is 15.7. The van der Waals surface area contributed by atoms with Crippen LogP contribution in [0.4, 0.5) is 11.5 Å². The largest absolute Gasteiger partial charge is 0.454 e. The molecule has 0 fully saturated rings. The number of anilines is 2. The number of carbonyl (C=O) groups excluding carboxylic acids is 1. The molecule has 0 aliphatic carbocycles. The Balaban J connectivity index is 1.29. The summed E-state index contributed by atoms with van der Waals surface area (Å²) in [6.07, 6.45) is 1.91. The number of hydrogen-bond acceptors (Lipinski definition) is 5. The summed E-state index contributed by atoms with van der Waals surface area (Å²) >= 11 is 5.86. The van der Waals surface area contributed by atoms with Crippen molar-refractivity contribution in [3.8, 4) is 11.5 Å². The molecule has 1 amide bonds. The van der Waals surface area contributed by atoms with Gasteiger partial charge in [0.25, 0.3) is 0 Å². The molecule has 2 heterocycles. The number of carbonyl (C=O) groups is 1. The summed E-state index contributed by atoms with van der Waals surface area (Å²) in [6, 6.07) is 16.7. The van der Waals surface area contributed by atoms with Gasteiger partial charge in [-0.15, -0.1) is 0 Å². The van der Waals surface area contributed by atoms with E-state index in [0.29, 0.717) is 23.1 Å². The molecule has 1 aliphatic rings. The van der Waals surface area contributed by atoms with Gasteiger partial charge in [0.2, 0.25) is 12.7 Å². The van der Waals surface area contributed by atoms with Crippen molar-refractivity contribution in [3.05, 3.63) is 76.9 Å². The average Bonchev–Trinajstić information content (AvgIpc) is 3.17. The van der Waals surface area contributed by atoms with E-state index in [1.165, 1.54) is 0 Å². The van der Waals surface area contributed by atoms with E-state index >= 15 is 0 Å². The summed E-state index contributed by atoms with van der Waals surface area (Å²) < 4.78 is 10.7. The lowest BCUT2D eigenvalue weighted by atomic mass is 10.1. The quantitative estimate of drug-likeness (QED) is 0.652. The Morgan fingerprint density at radius 3 is 2.57 bits per heavy atom. The fourth-order valence-electron chi connectivity index (χ4n) is 2.81. The van der Waals surface area contributed by atoms with Crippen LogP contribution in [0.1, 0.15) is 11.1 Å². The van der Waals surface area contributed by atoms with Gasteiger partial charge in [0.05, 0.1) is 18.3 Å². The van der Waals surface area contributed by atoms with Gasteiger partial charge >= 0.3 is 0 Å². The van der Waals surface area contributed by atoms with Crippen LogP contribution in [-0.4, -0.2) is 17.7 Å². The van der Waals surface area contributed by atoms with E-state index in [2.05, 4.69) is 15.6 Å². The molecule has 0 saturated heterocycles. The molecule has 3 aromatic rings. The monoisotopic (exact) mass is 395 g/mol. The number of nitrogens with zero attached hydrogens (tertiary/aromatic N) is 1. The predicted octanol–water partition coefficient (Wildman–Crippen LogP) is 4.26. The third-order valence-electron chi connectivity index (χ3n) is 4.24. The number of amides is 1. The minimum Gasteiger partial charge on any atom is -0.454 e. The lowest BCUT2D eigenvalue weighted by Crippen LogP contribution is -2.14. The van der Waals surface area contributed by atoms with Gasteiger partial charge in [-0.25, -0.2) is 4.98 Å². The van der Waals surface area contributed by atoms with Crippen molar-refractivity contribution in [1.82, 2.24) is 4.98 Å². The van der Waals surface area contributed by atoms with Gasteiger partial charge in [-0.1, -0.05) is 29.8 Å². The van der Waals surface area contributed by atoms with Crippen LogP contribution < -0.4 is 20.1 Å². The maximum Gasteiger partial charge on any atom is 0.231 e. The molecular formula is C21H18ClN3O3. The Labute approximate surface area is 167 Å². The van der Waals surface area contributed by atoms with Crippen LogP contribution in [0.25, 0.3) is 0 Å². The Hall–Kier alpha value is -3.25. The van der Waals surface area contributed by atoms with Crippen molar-refractivity contribution < 1.29 is 14.3 Å². The molecule has 28 heavy (non-hydrogen) atoms. The third kappa shape index (κ3) is 4.53. The SMILES string of the molecule is O=C(Cc1ccc(Cl)cc1)Nc1ccc(NCc2ccc3c(c2)OCO3)nc1. The summed E-state index contributed by atoms with van der Waals surface area (Å²) in [5.41, 5.74) is 2.61. The van der Waals surface area contributed by atoms with E-state index in [1.807, 2.05) is 42.5 Å². The molecule has 0 unspecified atom stereocenters. The summed E-state index contributed by atoms with van der Waals surface area (Å²) in [5.74, 6) is 2.13. The lowest BCUT2D eigenvalue weighted by molar-refractivity contribution is -0.115. The number of fused-ring (bicyclic) bond motifs is 1. The number of hydrogen-bond donors (Lipinski definition) is 2. The molecule has 0 atom stereocenters. The highest BCUT2D eigenvalue weighted by Gasteiger charge is 2.13. The van der Waals surface area contributed by atoms with Crippen molar-refractivity contribution in [2.45, 2.75) is 13.0 Å². The number of aromatic nitrogens is 1. The van der Waals surface area contributed by atoms with Crippen LogP contribution in [0.5, 0.6) is 11.5 Å². The number of benzene rings is 2. The molecule has 0 radical (unpaired) electrons. The zero-order chi connectivity index (χ0) is 19.3. The first-order valence-corrected chi connectivity index (χ1v) is 9.16. The molecule has 7 heteroatoms. The number of ether oxygens (including phenoxy) is 2. The highest BCUT2D eigenvalue weighted by molar-refractivity contribution is 6.30. The highest BCUT2D eigenvalue weighted by Crippen LogP contribution is 2.32. The topological polar surface area (TPSA) is 72.5 Å². The normalized spacial score (nSPS) is 11.9. The van der Waals surface area contributed by atoms with Crippen molar-refractivity contribution in [2.75, 3.05) is 17.4 Å². The third-order valence-corrected chi connectivity index (χ3v) is 4.49. The first-order valence-electron chi connectivity index (χ1n) is 8.78. The van der Waals surface area contributed by atoms with E-state index in [4.69, 9.17) is 21.1 Å². The fraction of sp³-hybridized carbons (Fsp3) is 0.143. The lowest BCUT2D eigenvalue weighted by Gasteiger charge is -2.09. The molecule has 0 bridgehead atoms. The molecule has 142 valence electrons. The van der Waals surface area contributed by atoms with Crippen molar-refractivity contribution in [1.29, 1.82) is 0 Å². The minimum atomic E-state index is -0.106. The molecule has 4 rings (SSSR count). The number of halogens is 1. The summed E-state index contributed by atoms with van der Waals surface area (Å²) in [4.78, 5) is 16.5. The van der Waals surface area contributed by atoms with Crippen molar-refractivity contribution >= 4 is 29.0 Å². The smallest absolute Gasteiger partial charge is 0.231 e. The maximum absolute atomic E-state index is 12.1. The van der Waals surface area contributed by atoms with Gasteiger partial charge < -0.3 is 20.1 Å². The van der Waals surface area contributed by atoms with Crippen LogP contribution in [0.15, 0.2) is 60.8 Å². The van der Waals surface area contributed by atoms with E-state index in [-0.39, 0.29) is 19.1 Å².